The Balaban J connectivity index is 1.73. The Kier molecular flexibility index (Phi) is 2.24. The molecule has 2 aliphatic rings. The van der Waals surface area contributed by atoms with Gasteiger partial charge < -0.3 is 4.74 Å². The average Bonchev–Trinajstić information content (AvgIpc) is 3.29. The first-order valence-electron chi connectivity index (χ1n) is 6.64. The van der Waals surface area contributed by atoms with Gasteiger partial charge in [-0.15, -0.1) is 10.2 Å². The highest BCUT2D eigenvalue weighted by atomic mass is 32.1. The van der Waals surface area contributed by atoms with E-state index in [-0.39, 0.29) is 5.97 Å². The van der Waals surface area contributed by atoms with Crippen molar-refractivity contribution in [2.45, 2.75) is 43.9 Å². The van der Waals surface area contributed by atoms with Crippen molar-refractivity contribution in [3.05, 3.63) is 10.8 Å². The minimum Gasteiger partial charge on any atom is -0.465 e. The van der Waals surface area contributed by atoms with Gasteiger partial charge in [0.1, 0.15) is 10.4 Å². The van der Waals surface area contributed by atoms with E-state index in [1.807, 2.05) is 11.4 Å². The lowest BCUT2D eigenvalue weighted by Crippen LogP contribution is -2.23. The fourth-order valence-electron chi connectivity index (χ4n) is 2.32. The monoisotopic (exact) mass is 278 g/mol. The first-order valence-corrected chi connectivity index (χ1v) is 7.46. The fraction of sp³-hybridized carbons (Fsp3) is 0.667. The van der Waals surface area contributed by atoms with Crippen LogP contribution in [0.4, 0.5) is 0 Å². The van der Waals surface area contributed by atoms with E-state index in [1.165, 1.54) is 11.3 Å². The Labute approximate surface area is 113 Å². The van der Waals surface area contributed by atoms with Crippen molar-refractivity contribution in [3.8, 4) is 0 Å². The van der Waals surface area contributed by atoms with Crippen molar-refractivity contribution in [1.82, 2.24) is 19.8 Å². The molecule has 0 saturated heterocycles. The molecule has 0 N–H and O–H groups in total. The van der Waals surface area contributed by atoms with Crippen LogP contribution in [0, 0.1) is 0 Å². The maximum atomic E-state index is 12.1. The van der Waals surface area contributed by atoms with Crippen LogP contribution in [0.1, 0.15) is 49.4 Å². The number of rotatable bonds is 4. The van der Waals surface area contributed by atoms with Crippen LogP contribution in [-0.4, -0.2) is 32.4 Å². The van der Waals surface area contributed by atoms with Gasteiger partial charge in [0, 0.05) is 5.92 Å². The molecule has 0 spiro atoms. The SMILES string of the molecule is CCOC(=O)C1(c2nn3c(C4CC4)nnc3s2)CC1. The maximum absolute atomic E-state index is 12.1. The molecule has 0 radical (unpaired) electrons. The van der Waals surface area contributed by atoms with Gasteiger partial charge in [-0.05, 0) is 32.6 Å². The summed E-state index contributed by atoms with van der Waals surface area (Å²) >= 11 is 1.46. The van der Waals surface area contributed by atoms with Crippen LogP contribution in [0.2, 0.25) is 0 Å². The van der Waals surface area contributed by atoms with Gasteiger partial charge in [0.2, 0.25) is 4.96 Å². The van der Waals surface area contributed by atoms with E-state index in [9.17, 15) is 4.79 Å². The molecule has 7 heteroatoms. The summed E-state index contributed by atoms with van der Waals surface area (Å²) in [6.07, 6.45) is 3.98. The second-order valence-corrected chi connectivity index (χ2v) is 6.19. The highest BCUT2D eigenvalue weighted by Gasteiger charge is 2.56. The molecule has 2 aromatic heterocycles. The lowest BCUT2D eigenvalue weighted by atomic mass is 10.1. The zero-order valence-electron chi connectivity index (χ0n) is 10.6. The molecule has 2 aromatic rings. The van der Waals surface area contributed by atoms with Crippen LogP contribution in [-0.2, 0) is 14.9 Å². The predicted molar refractivity (Wildman–Crippen MR) is 68.2 cm³/mol. The summed E-state index contributed by atoms with van der Waals surface area (Å²) in [6.45, 7) is 2.25. The van der Waals surface area contributed by atoms with Crippen molar-refractivity contribution in [2.75, 3.05) is 6.61 Å². The molecule has 0 unspecified atom stereocenters. The zero-order chi connectivity index (χ0) is 13.0. The Morgan fingerprint density at radius 3 is 2.89 bits per heavy atom. The van der Waals surface area contributed by atoms with E-state index in [0.717, 1.165) is 41.5 Å². The van der Waals surface area contributed by atoms with Crippen LogP contribution in [0.15, 0.2) is 0 Å². The molecule has 2 heterocycles. The number of esters is 1. The molecular formula is C12H14N4O2S. The summed E-state index contributed by atoms with van der Waals surface area (Å²) in [5.74, 6) is 1.30. The third-order valence-corrected chi connectivity index (χ3v) is 4.89. The molecule has 6 nitrogen and oxygen atoms in total. The van der Waals surface area contributed by atoms with E-state index in [2.05, 4.69) is 15.3 Å². The molecular weight excluding hydrogens is 264 g/mol. The molecule has 0 aliphatic heterocycles. The van der Waals surface area contributed by atoms with E-state index < -0.39 is 5.41 Å². The Morgan fingerprint density at radius 1 is 1.47 bits per heavy atom. The number of hydrogen-bond acceptors (Lipinski definition) is 6. The van der Waals surface area contributed by atoms with Crippen molar-refractivity contribution >= 4 is 22.3 Å². The molecule has 19 heavy (non-hydrogen) atoms. The van der Waals surface area contributed by atoms with E-state index in [4.69, 9.17) is 4.74 Å². The highest BCUT2D eigenvalue weighted by molar-refractivity contribution is 7.17. The third kappa shape index (κ3) is 1.60. The first kappa shape index (κ1) is 11.3. The topological polar surface area (TPSA) is 69.4 Å². The number of carbonyl (C=O) groups is 1. The van der Waals surface area contributed by atoms with Gasteiger partial charge in [0.15, 0.2) is 5.82 Å². The Hall–Kier alpha value is -1.50. The second-order valence-electron chi connectivity index (χ2n) is 5.24. The highest BCUT2D eigenvalue weighted by Crippen LogP contribution is 2.50. The molecule has 2 aliphatic carbocycles. The summed E-state index contributed by atoms with van der Waals surface area (Å²) in [7, 11) is 0. The summed E-state index contributed by atoms with van der Waals surface area (Å²) in [6, 6.07) is 0. The smallest absolute Gasteiger partial charge is 0.319 e. The zero-order valence-corrected chi connectivity index (χ0v) is 11.4. The van der Waals surface area contributed by atoms with Crippen LogP contribution < -0.4 is 0 Å². The van der Waals surface area contributed by atoms with Crippen molar-refractivity contribution < 1.29 is 9.53 Å². The number of nitrogens with zero attached hydrogens (tertiary/aromatic N) is 4. The maximum Gasteiger partial charge on any atom is 0.319 e. The van der Waals surface area contributed by atoms with Crippen molar-refractivity contribution in [2.24, 2.45) is 0 Å². The predicted octanol–water partition coefficient (Wildman–Crippen LogP) is 1.66. The lowest BCUT2D eigenvalue weighted by molar-refractivity contribution is -0.146. The number of carbonyl (C=O) groups excluding carboxylic acids is 1. The van der Waals surface area contributed by atoms with Gasteiger partial charge >= 0.3 is 5.97 Å². The first-order chi connectivity index (χ1) is 9.24. The number of aromatic nitrogens is 4. The van der Waals surface area contributed by atoms with Crippen LogP contribution in [0.5, 0.6) is 0 Å². The van der Waals surface area contributed by atoms with Crippen LogP contribution >= 0.6 is 11.3 Å². The number of ether oxygens (including phenoxy) is 1. The van der Waals surface area contributed by atoms with Gasteiger partial charge in [-0.2, -0.15) is 9.61 Å². The molecule has 2 saturated carbocycles. The summed E-state index contributed by atoms with van der Waals surface area (Å²) < 4.78 is 6.99. The second kappa shape index (κ2) is 3.75. The average molecular weight is 278 g/mol. The number of fused-ring (bicyclic) bond motifs is 1. The van der Waals surface area contributed by atoms with Crippen molar-refractivity contribution in [3.63, 3.8) is 0 Å². The van der Waals surface area contributed by atoms with E-state index >= 15 is 0 Å². The molecule has 100 valence electrons. The minimum atomic E-state index is -0.498. The largest absolute Gasteiger partial charge is 0.465 e. The third-order valence-electron chi connectivity index (χ3n) is 3.78. The fourth-order valence-corrected chi connectivity index (χ4v) is 3.40. The van der Waals surface area contributed by atoms with Gasteiger partial charge in [-0.1, -0.05) is 11.3 Å². The molecule has 0 atom stereocenters. The van der Waals surface area contributed by atoms with Gasteiger partial charge in [-0.3, -0.25) is 4.79 Å². The minimum absolute atomic E-state index is 0.145. The summed E-state index contributed by atoms with van der Waals surface area (Å²) in [5.41, 5.74) is -0.498. The van der Waals surface area contributed by atoms with Gasteiger partial charge in [-0.25, -0.2) is 0 Å². The lowest BCUT2D eigenvalue weighted by Gasteiger charge is -2.09. The molecule has 2 fully saturated rings. The number of hydrogen-bond donors (Lipinski definition) is 0. The van der Waals surface area contributed by atoms with Gasteiger partial charge in [0.05, 0.1) is 6.61 Å². The van der Waals surface area contributed by atoms with E-state index in [0.29, 0.717) is 12.5 Å². The normalized spacial score (nSPS) is 20.7. The van der Waals surface area contributed by atoms with Crippen LogP contribution in [0.25, 0.3) is 4.96 Å². The van der Waals surface area contributed by atoms with Gasteiger partial charge in [0.25, 0.3) is 0 Å². The van der Waals surface area contributed by atoms with Crippen molar-refractivity contribution in [1.29, 1.82) is 0 Å². The van der Waals surface area contributed by atoms with Crippen LogP contribution in [0.3, 0.4) is 0 Å². The Bertz CT molecular complexity index is 654. The quantitative estimate of drug-likeness (QED) is 0.795. The molecule has 4 rings (SSSR count). The molecule has 0 bridgehead atoms. The van der Waals surface area contributed by atoms with E-state index in [1.54, 1.807) is 0 Å². The Morgan fingerprint density at radius 2 is 2.26 bits per heavy atom. The summed E-state index contributed by atoms with van der Waals surface area (Å²) in [4.78, 5) is 12.8. The molecule has 0 aromatic carbocycles. The summed E-state index contributed by atoms with van der Waals surface area (Å²) in [5, 5.41) is 13.8. The molecule has 0 amide bonds. The standard InChI is InChI=1S/C12H14N4O2S/c1-2-18-10(17)12(5-6-12)9-15-16-8(7-3-4-7)13-14-11(16)19-9/h7H,2-6H2,1H3.